The van der Waals surface area contributed by atoms with Gasteiger partial charge in [-0.05, 0) is 38.0 Å². The van der Waals surface area contributed by atoms with E-state index in [0.717, 1.165) is 11.1 Å². The Balaban J connectivity index is 1.96. The minimum atomic E-state index is -0.0960. The van der Waals surface area contributed by atoms with Crippen LogP contribution in [0.15, 0.2) is 30.9 Å². The van der Waals surface area contributed by atoms with Crippen LogP contribution in [0, 0.1) is 13.8 Å². The van der Waals surface area contributed by atoms with E-state index in [0.29, 0.717) is 12.1 Å². The van der Waals surface area contributed by atoms with Gasteiger partial charge in [0.25, 0.3) is 5.91 Å². The maximum atomic E-state index is 12.0. The Labute approximate surface area is 112 Å². The molecule has 100 valence electrons. The lowest BCUT2D eigenvalue weighted by Gasteiger charge is -2.13. The van der Waals surface area contributed by atoms with Crippen LogP contribution in [-0.4, -0.2) is 27.2 Å². The number of carbonyl (C=O) groups excluding carboxylic acids is 1. The van der Waals surface area contributed by atoms with Crippen molar-refractivity contribution in [3.8, 4) is 0 Å². The van der Waals surface area contributed by atoms with Crippen molar-refractivity contribution in [1.82, 2.24) is 20.1 Å². The van der Waals surface area contributed by atoms with Crippen molar-refractivity contribution in [2.75, 3.05) is 6.54 Å². The number of hydrogen-bond donors (Lipinski definition) is 1. The van der Waals surface area contributed by atoms with Gasteiger partial charge in [0, 0.05) is 25.1 Å². The predicted molar refractivity (Wildman–Crippen MR) is 73.0 cm³/mol. The van der Waals surface area contributed by atoms with Crippen LogP contribution in [-0.2, 0) is 0 Å². The molecule has 19 heavy (non-hydrogen) atoms. The number of rotatable bonds is 4. The van der Waals surface area contributed by atoms with Gasteiger partial charge in [0.2, 0.25) is 0 Å². The molecule has 0 aliphatic carbocycles. The smallest absolute Gasteiger partial charge is 0.253 e. The second kappa shape index (κ2) is 5.65. The third kappa shape index (κ3) is 3.19. The molecule has 0 aliphatic heterocycles. The Hall–Kier alpha value is -2.17. The molecule has 2 aromatic rings. The number of pyridine rings is 1. The maximum absolute atomic E-state index is 12.0. The summed E-state index contributed by atoms with van der Waals surface area (Å²) in [6.45, 7) is 6.45. The highest BCUT2D eigenvalue weighted by atomic mass is 16.1. The molecule has 5 heteroatoms. The van der Waals surface area contributed by atoms with E-state index in [1.54, 1.807) is 12.4 Å². The zero-order valence-corrected chi connectivity index (χ0v) is 11.4. The molecule has 0 aromatic carbocycles. The van der Waals surface area contributed by atoms with E-state index < -0.39 is 0 Å². The van der Waals surface area contributed by atoms with E-state index in [1.807, 2.05) is 43.9 Å². The molecule has 0 saturated heterocycles. The molecule has 0 bridgehead atoms. The van der Waals surface area contributed by atoms with Gasteiger partial charge in [-0.15, -0.1) is 0 Å². The number of nitrogens with one attached hydrogen (secondary N) is 1. The van der Waals surface area contributed by atoms with Crippen LogP contribution in [0.2, 0.25) is 0 Å². The van der Waals surface area contributed by atoms with Crippen LogP contribution in [0.1, 0.15) is 34.5 Å². The Bertz CT molecular complexity index is 576. The number of aryl methyl sites for hydroxylation is 2. The van der Waals surface area contributed by atoms with Crippen molar-refractivity contribution >= 4 is 5.91 Å². The molecule has 1 amide bonds. The summed E-state index contributed by atoms with van der Waals surface area (Å²) in [4.78, 5) is 16.0. The molecule has 1 unspecified atom stereocenters. The standard InChI is InChI=1S/C14H18N4O/c1-10-6-17-18(9-10)12(3)7-16-14(19)13-8-15-5-4-11(13)2/h4-6,8-9,12H,7H2,1-3H3,(H,16,19). The molecular weight excluding hydrogens is 240 g/mol. The molecule has 5 nitrogen and oxygen atoms in total. The Kier molecular flexibility index (Phi) is 3.94. The normalized spacial score (nSPS) is 12.2. The van der Waals surface area contributed by atoms with E-state index in [4.69, 9.17) is 0 Å². The summed E-state index contributed by atoms with van der Waals surface area (Å²) >= 11 is 0. The topological polar surface area (TPSA) is 59.8 Å². The van der Waals surface area contributed by atoms with E-state index in [1.165, 1.54) is 0 Å². The Morgan fingerprint density at radius 1 is 1.42 bits per heavy atom. The molecule has 1 N–H and O–H groups in total. The van der Waals surface area contributed by atoms with Crippen LogP contribution in [0.25, 0.3) is 0 Å². The third-order valence-corrected chi connectivity index (χ3v) is 3.02. The lowest BCUT2D eigenvalue weighted by molar-refractivity contribution is 0.0947. The summed E-state index contributed by atoms with van der Waals surface area (Å²) in [7, 11) is 0. The second-order valence-corrected chi connectivity index (χ2v) is 4.75. The van der Waals surface area contributed by atoms with Gasteiger partial charge in [0.05, 0.1) is 17.8 Å². The van der Waals surface area contributed by atoms with Crippen molar-refractivity contribution in [3.05, 3.63) is 47.5 Å². The van der Waals surface area contributed by atoms with Gasteiger partial charge in [-0.2, -0.15) is 5.10 Å². The van der Waals surface area contributed by atoms with Crippen LogP contribution in [0.3, 0.4) is 0 Å². The monoisotopic (exact) mass is 258 g/mol. The predicted octanol–water partition coefficient (Wildman–Crippen LogP) is 1.89. The van der Waals surface area contributed by atoms with Gasteiger partial charge < -0.3 is 5.32 Å². The highest BCUT2D eigenvalue weighted by Crippen LogP contribution is 2.07. The van der Waals surface area contributed by atoms with Crippen molar-refractivity contribution in [2.45, 2.75) is 26.8 Å². The van der Waals surface area contributed by atoms with Crippen LogP contribution < -0.4 is 5.32 Å². The van der Waals surface area contributed by atoms with Gasteiger partial charge >= 0.3 is 0 Å². The SMILES string of the molecule is Cc1cnn(C(C)CNC(=O)c2cnccc2C)c1. The second-order valence-electron chi connectivity index (χ2n) is 4.75. The largest absolute Gasteiger partial charge is 0.350 e. The highest BCUT2D eigenvalue weighted by Gasteiger charge is 2.11. The fourth-order valence-electron chi connectivity index (χ4n) is 1.80. The first-order valence-electron chi connectivity index (χ1n) is 6.27. The Morgan fingerprint density at radius 2 is 2.21 bits per heavy atom. The summed E-state index contributed by atoms with van der Waals surface area (Å²) < 4.78 is 1.85. The quantitative estimate of drug-likeness (QED) is 0.911. The zero-order valence-electron chi connectivity index (χ0n) is 11.4. The fraction of sp³-hybridized carbons (Fsp3) is 0.357. The van der Waals surface area contributed by atoms with Gasteiger partial charge in [-0.3, -0.25) is 14.5 Å². The minimum absolute atomic E-state index is 0.0960. The van der Waals surface area contributed by atoms with Gasteiger partial charge in [-0.1, -0.05) is 0 Å². The number of aromatic nitrogens is 3. The summed E-state index contributed by atoms with van der Waals surface area (Å²) in [6.07, 6.45) is 7.05. The van der Waals surface area contributed by atoms with Crippen molar-refractivity contribution in [3.63, 3.8) is 0 Å². The molecule has 2 aromatic heterocycles. The Morgan fingerprint density at radius 3 is 2.84 bits per heavy atom. The maximum Gasteiger partial charge on any atom is 0.253 e. The van der Waals surface area contributed by atoms with Crippen molar-refractivity contribution < 1.29 is 4.79 Å². The van der Waals surface area contributed by atoms with E-state index in [9.17, 15) is 4.79 Å². The van der Waals surface area contributed by atoms with Crippen LogP contribution in [0.4, 0.5) is 0 Å². The number of nitrogens with zero attached hydrogens (tertiary/aromatic N) is 3. The fourth-order valence-corrected chi connectivity index (χ4v) is 1.80. The average Bonchev–Trinajstić information content (AvgIpc) is 2.83. The van der Waals surface area contributed by atoms with E-state index in [2.05, 4.69) is 15.4 Å². The highest BCUT2D eigenvalue weighted by molar-refractivity contribution is 5.95. The lowest BCUT2D eigenvalue weighted by atomic mass is 10.1. The van der Waals surface area contributed by atoms with Crippen molar-refractivity contribution in [2.24, 2.45) is 0 Å². The molecule has 2 rings (SSSR count). The summed E-state index contributed by atoms with van der Waals surface area (Å²) in [5.74, 6) is -0.0960. The van der Waals surface area contributed by atoms with Gasteiger partial charge in [0.1, 0.15) is 0 Å². The number of carbonyl (C=O) groups is 1. The summed E-state index contributed by atoms with van der Waals surface area (Å²) in [6, 6.07) is 1.95. The number of hydrogen-bond acceptors (Lipinski definition) is 3. The van der Waals surface area contributed by atoms with Gasteiger partial charge in [-0.25, -0.2) is 0 Å². The molecule has 2 heterocycles. The summed E-state index contributed by atoms with van der Waals surface area (Å²) in [5.41, 5.74) is 2.66. The summed E-state index contributed by atoms with van der Waals surface area (Å²) in [5, 5.41) is 7.14. The molecule has 1 atom stereocenters. The molecule has 0 radical (unpaired) electrons. The number of amides is 1. The first-order chi connectivity index (χ1) is 9.08. The first-order valence-corrected chi connectivity index (χ1v) is 6.27. The van der Waals surface area contributed by atoms with Crippen LogP contribution >= 0.6 is 0 Å². The molecule has 0 spiro atoms. The third-order valence-electron chi connectivity index (χ3n) is 3.02. The first kappa shape index (κ1) is 13.3. The minimum Gasteiger partial charge on any atom is -0.350 e. The van der Waals surface area contributed by atoms with Crippen molar-refractivity contribution in [1.29, 1.82) is 0 Å². The average molecular weight is 258 g/mol. The van der Waals surface area contributed by atoms with E-state index >= 15 is 0 Å². The lowest BCUT2D eigenvalue weighted by Crippen LogP contribution is -2.30. The molecule has 0 saturated carbocycles. The molecule has 0 aliphatic rings. The zero-order chi connectivity index (χ0) is 13.8. The van der Waals surface area contributed by atoms with Crippen LogP contribution in [0.5, 0.6) is 0 Å². The molecule has 0 fully saturated rings. The van der Waals surface area contributed by atoms with Gasteiger partial charge in [0.15, 0.2) is 0 Å². The van der Waals surface area contributed by atoms with E-state index in [-0.39, 0.29) is 11.9 Å². The molecular formula is C14H18N4O.